The molecule has 146 valence electrons. The standard InChI is InChI=1S/C29H22BN/c1-16-14-17(2)29(18(3)15-16)30-23-12-10-19-6-4-8-21-22-9-5-7-20-11-13-24(31-30)28(26(20)22)27(23)25(19)21/h4-15,31H,1-3H3. The van der Waals surface area contributed by atoms with Gasteiger partial charge in [0.25, 0.3) is 0 Å². The summed E-state index contributed by atoms with van der Waals surface area (Å²) in [4.78, 5) is 0. The average Bonchev–Trinajstić information content (AvgIpc) is 2.76. The predicted molar refractivity (Wildman–Crippen MR) is 137 cm³/mol. The van der Waals surface area contributed by atoms with Gasteiger partial charge in [0.1, 0.15) is 0 Å². The number of anilines is 1. The van der Waals surface area contributed by atoms with Gasteiger partial charge in [0.05, 0.1) is 0 Å². The van der Waals surface area contributed by atoms with Crippen LogP contribution in [0, 0.1) is 20.8 Å². The summed E-state index contributed by atoms with van der Waals surface area (Å²) in [6, 6.07) is 27.3. The minimum Gasteiger partial charge on any atom is -0.420 e. The van der Waals surface area contributed by atoms with E-state index >= 15 is 0 Å². The van der Waals surface area contributed by atoms with Crippen LogP contribution in [-0.4, -0.2) is 6.85 Å². The quantitative estimate of drug-likeness (QED) is 0.199. The summed E-state index contributed by atoms with van der Waals surface area (Å²) in [5, 5.41) is 14.9. The van der Waals surface area contributed by atoms with Crippen LogP contribution in [0.4, 0.5) is 5.69 Å². The summed E-state index contributed by atoms with van der Waals surface area (Å²) in [7, 11) is 0. The largest absolute Gasteiger partial charge is 0.420 e. The lowest BCUT2D eigenvalue weighted by Crippen LogP contribution is -2.53. The lowest BCUT2D eigenvalue weighted by atomic mass is 9.46. The molecule has 6 aromatic carbocycles. The van der Waals surface area contributed by atoms with Gasteiger partial charge in [-0.25, -0.2) is 0 Å². The van der Waals surface area contributed by atoms with Crippen LogP contribution in [0.3, 0.4) is 0 Å². The molecule has 0 saturated heterocycles. The minimum atomic E-state index is 0.156. The second-order valence-corrected chi connectivity index (χ2v) is 9.22. The topological polar surface area (TPSA) is 12.0 Å². The number of rotatable bonds is 1. The zero-order valence-corrected chi connectivity index (χ0v) is 18.0. The summed E-state index contributed by atoms with van der Waals surface area (Å²) in [5.41, 5.74) is 8.09. The molecule has 0 saturated carbocycles. The molecule has 0 amide bonds. The van der Waals surface area contributed by atoms with Crippen molar-refractivity contribution < 1.29 is 0 Å². The van der Waals surface area contributed by atoms with Crippen LogP contribution < -0.4 is 16.2 Å². The third-order valence-corrected chi connectivity index (χ3v) is 7.30. The van der Waals surface area contributed by atoms with Crippen LogP contribution in [0.2, 0.25) is 0 Å². The SMILES string of the molecule is Cc1cc(C)c(B2Nc3ccc4cccc5c6cccc7ccc2c(c3c45)c76)c(C)c1. The Hall–Kier alpha value is -3.52. The van der Waals surface area contributed by atoms with E-state index in [1.165, 1.54) is 76.4 Å². The molecule has 0 aliphatic carbocycles. The minimum absolute atomic E-state index is 0.156. The average molecular weight is 395 g/mol. The van der Waals surface area contributed by atoms with E-state index in [0.717, 1.165) is 0 Å². The summed E-state index contributed by atoms with van der Waals surface area (Å²) in [6.45, 7) is 6.85. The molecule has 1 aliphatic rings. The lowest BCUT2D eigenvalue weighted by molar-refractivity contribution is 1.35. The van der Waals surface area contributed by atoms with Gasteiger partial charge in [0, 0.05) is 11.1 Å². The first-order valence-corrected chi connectivity index (χ1v) is 11.1. The van der Waals surface area contributed by atoms with E-state index in [1.807, 2.05) is 0 Å². The van der Waals surface area contributed by atoms with E-state index in [2.05, 4.69) is 98.8 Å². The first kappa shape index (κ1) is 17.2. The molecule has 0 unspecified atom stereocenters. The first-order chi connectivity index (χ1) is 15.1. The Labute approximate surface area is 182 Å². The second kappa shape index (κ2) is 5.79. The summed E-state index contributed by atoms with van der Waals surface area (Å²) in [6.07, 6.45) is 0. The predicted octanol–water partition coefficient (Wildman–Crippen LogP) is 6.19. The highest BCUT2D eigenvalue weighted by molar-refractivity contribution is 6.91. The Kier molecular flexibility index (Phi) is 3.21. The van der Waals surface area contributed by atoms with Crippen molar-refractivity contribution in [3.63, 3.8) is 0 Å². The highest BCUT2D eigenvalue weighted by atomic mass is 14.8. The molecule has 0 fully saturated rings. The molecule has 1 N–H and O–H groups in total. The van der Waals surface area contributed by atoms with E-state index in [0.29, 0.717) is 0 Å². The Morgan fingerprint density at radius 3 is 1.90 bits per heavy atom. The molecule has 31 heavy (non-hydrogen) atoms. The van der Waals surface area contributed by atoms with Crippen LogP contribution in [-0.2, 0) is 0 Å². The summed E-state index contributed by atoms with van der Waals surface area (Å²) in [5.74, 6) is 0. The van der Waals surface area contributed by atoms with Gasteiger partial charge in [-0.2, -0.15) is 0 Å². The van der Waals surface area contributed by atoms with Gasteiger partial charge in [-0.05, 0) is 75.5 Å². The van der Waals surface area contributed by atoms with Crippen LogP contribution in [0.25, 0.3) is 43.1 Å². The first-order valence-electron chi connectivity index (χ1n) is 11.1. The van der Waals surface area contributed by atoms with Gasteiger partial charge in [0.2, 0.25) is 0 Å². The molecule has 7 rings (SSSR count). The summed E-state index contributed by atoms with van der Waals surface area (Å²) < 4.78 is 0. The van der Waals surface area contributed by atoms with Crippen molar-refractivity contribution in [3.05, 3.63) is 89.5 Å². The maximum atomic E-state index is 3.95. The summed E-state index contributed by atoms with van der Waals surface area (Å²) >= 11 is 0. The lowest BCUT2D eigenvalue weighted by Gasteiger charge is -2.30. The van der Waals surface area contributed by atoms with Gasteiger partial charge in [-0.3, -0.25) is 0 Å². The molecule has 1 aliphatic heterocycles. The Morgan fingerprint density at radius 2 is 1.23 bits per heavy atom. The van der Waals surface area contributed by atoms with Crippen molar-refractivity contribution in [2.45, 2.75) is 20.8 Å². The van der Waals surface area contributed by atoms with Crippen LogP contribution in [0.5, 0.6) is 0 Å². The molecule has 6 aromatic rings. The number of nitrogens with one attached hydrogen (secondary N) is 1. The highest BCUT2D eigenvalue weighted by Crippen LogP contribution is 2.44. The second-order valence-electron chi connectivity index (χ2n) is 9.22. The van der Waals surface area contributed by atoms with Gasteiger partial charge in [0.15, 0.2) is 0 Å². The van der Waals surface area contributed by atoms with Gasteiger partial charge in [-0.15, -0.1) is 0 Å². The zero-order chi connectivity index (χ0) is 20.9. The Balaban J connectivity index is 1.72. The van der Waals surface area contributed by atoms with E-state index in [-0.39, 0.29) is 6.85 Å². The molecule has 0 atom stereocenters. The Morgan fingerprint density at radius 1 is 0.613 bits per heavy atom. The maximum absolute atomic E-state index is 3.95. The van der Waals surface area contributed by atoms with E-state index in [1.54, 1.807) is 0 Å². The molecule has 0 radical (unpaired) electrons. The number of fused-ring (bicyclic) bond motifs is 1. The van der Waals surface area contributed by atoms with Crippen molar-refractivity contribution in [2.24, 2.45) is 0 Å². The van der Waals surface area contributed by atoms with Gasteiger partial charge >= 0.3 is 6.85 Å². The Bertz CT molecular complexity index is 1670. The fraction of sp³-hybridized carbons (Fsp3) is 0.103. The number of benzene rings is 6. The highest BCUT2D eigenvalue weighted by Gasteiger charge is 2.32. The van der Waals surface area contributed by atoms with Crippen molar-refractivity contribution in [1.29, 1.82) is 0 Å². The molecule has 2 heteroatoms. The van der Waals surface area contributed by atoms with Crippen LogP contribution in [0.1, 0.15) is 16.7 Å². The number of hydrogen-bond acceptors (Lipinski definition) is 1. The van der Waals surface area contributed by atoms with Crippen molar-refractivity contribution in [1.82, 2.24) is 0 Å². The molecule has 0 bridgehead atoms. The van der Waals surface area contributed by atoms with Crippen LogP contribution in [0.15, 0.2) is 72.8 Å². The van der Waals surface area contributed by atoms with E-state index < -0.39 is 0 Å². The smallest absolute Gasteiger partial charge is 0.322 e. The molecule has 0 aromatic heterocycles. The van der Waals surface area contributed by atoms with Crippen molar-refractivity contribution in [2.75, 3.05) is 5.23 Å². The van der Waals surface area contributed by atoms with Gasteiger partial charge in [-0.1, -0.05) is 83.4 Å². The zero-order valence-electron chi connectivity index (χ0n) is 18.0. The number of hydrogen-bond donors (Lipinski definition) is 1. The third kappa shape index (κ3) is 2.12. The number of aryl methyl sites for hydroxylation is 3. The third-order valence-electron chi connectivity index (χ3n) is 7.30. The van der Waals surface area contributed by atoms with Crippen LogP contribution >= 0.6 is 0 Å². The molecular weight excluding hydrogens is 373 g/mol. The molecule has 1 nitrogen and oxygen atoms in total. The van der Waals surface area contributed by atoms with Crippen molar-refractivity contribution in [3.8, 4) is 0 Å². The molecular formula is C29H22BN. The maximum Gasteiger partial charge on any atom is 0.322 e. The van der Waals surface area contributed by atoms with E-state index in [4.69, 9.17) is 0 Å². The fourth-order valence-corrected chi connectivity index (χ4v) is 6.22. The van der Waals surface area contributed by atoms with Crippen molar-refractivity contribution >= 4 is 66.6 Å². The van der Waals surface area contributed by atoms with Gasteiger partial charge < -0.3 is 5.23 Å². The molecule has 0 spiro atoms. The van der Waals surface area contributed by atoms with E-state index in [9.17, 15) is 0 Å². The fourth-order valence-electron chi connectivity index (χ4n) is 6.22. The molecule has 1 heterocycles. The normalized spacial score (nSPS) is 13.2. The monoisotopic (exact) mass is 395 g/mol.